The summed E-state index contributed by atoms with van der Waals surface area (Å²) in [4.78, 5) is 0. The Hall–Kier alpha value is -1.64. The Kier molecular flexibility index (Phi) is 6.00. The summed E-state index contributed by atoms with van der Waals surface area (Å²) < 4.78 is 0. The van der Waals surface area contributed by atoms with E-state index in [1.54, 1.807) is 12.1 Å². The molecule has 2 heteroatoms. The fourth-order valence-corrected chi connectivity index (χ4v) is 1.26. The van der Waals surface area contributed by atoms with Crippen molar-refractivity contribution in [3.63, 3.8) is 0 Å². The zero-order valence-electron chi connectivity index (χ0n) is 9.66. The molecule has 2 aromatic rings. The van der Waals surface area contributed by atoms with Gasteiger partial charge in [-0.1, -0.05) is 60.7 Å². The fourth-order valence-electron chi connectivity index (χ4n) is 1.26. The van der Waals surface area contributed by atoms with E-state index in [-0.39, 0.29) is 6.61 Å². The molecule has 2 rings (SSSR count). The van der Waals surface area contributed by atoms with E-state index in [1.807, 2.05) is 48.5 Å². The first kappa shape index (κ1) is 13.4. The maximum absolute atomic E-state index is 9.08. The monoisotopic (exact) mass is 229 g/mol. The minimum Gasteiger partial charge on any atom is -0.393 e. The number of hydrogen-bond donors (Lipinski definition) is 2. The summed E-state index contributed by atoms with van der Waals surface area (Å²) >= 11 is 0. The molecule has 0 aromatic heterocycles. The molecule has 0 spiro atoms. The van der Waals surface area contributed by atoms with E-state index in [2.05, 4.69) is 6.92 Å². The largest absolute Gasteiger partial charge is 0.393 e. The van der Waals surface area contributed by atoms with Crippen LogP contribution in [0.3, 0.4) is 0 Å². The summed E-state index contributed by atoms with van der Waals surface area (Å²) in [5.74, 6) is 0. The second-order valence-electron chi connectivity index (χ2n) is 3.59. The van der Waals surface area contributed by atoms with Crippen LogP contribution in [-0.2, 0) is 0 Å². The van der Waals surface area contributed by atoms with E-state index >= 15 is 0 Å². The van der Waals surface area contributed by atoms with Crippen molar-refractivity contribution in [2.75, 3.05) is 6.61 Å². The van der Waals surface area contributed by atoms with Gasteiger partial charge in [-0.3, -0.25) is 0 Å². The molecule has 0 aliphatic heterocycles. The second-order valence-corrected chi connectivity index (χ2v) is 3.59. The van der Waals surface area contributed by atoms with Gasteiger partial charge < -0.3 is 10.2 Å². The van der Waals surface area contributed by atoms with Crippen molar-refractivity contribution in [3.8, 4) is 0 Å². The highest BCUT2D eigenvalue weighted by Gasteiger charge is 2.02. The van der Waals surface area contributed by atoms with Gasteiger partial charge in [0.25, 0.3) is 0 Å². The normalized spacial score (nSPS) is 11.2. The van der Waals surface area contributed by atoms with Gasteiger partial charge in [0.05, 0.1) is 6.61 Å². The molecule has 0 aliphatic carbocycles. The van der Waals surface area contributed by atoms with Crippen molar-refractivity contribution in [2.45, 2.75) is 6.10 Å². The Morgan fingerprint density at radius 1 is 0.882 bits per heavy atom. The lowest BCUT2D eigenvalue weighted by atomic mass is 10.1. The highest BCUT2D eigenvalue weighted by Crippen LogP contribution is 2.09. The molecule has 0 saturated heterocycles. The Bertz CT molecular complexity index is 398. The van der Waals surface area contributed by atoms with Gasteiger partial charge in [0, 0.05) is 0 Å². The van der Waals surface area contributed by atoms with Gasteiger partial charge in [-0.05, 0) is 18.1 Å². The molecule has 0 bridgehead atoms. The molecule has 1 unspecified atom stereocenters. The van der Waals surface area contributed by atoms with Crippen LogP contribution in [0.5, 0.6) is 0 Å². The molecule has 0 aliphatic rings. The second kappa shape index (κ2) is 7.60. The Labute approximate surface area is 102 Å². The van der Waals surface area contributed by atoms with Gasteiger partial charge in [-0.25, -0.2) is 0 Å². The summed E-state index contributed by atoms with van der Waals surface area (Å²) in [5, 5.41) is 17.6. The molecule has 89 valence electrons. The van der Waals surface area contributed by atoms with Crippen LogP contribution in [0.4, 0.5) is 0 Å². The Morgan fingerprint density at radius 2 is 1.35 bits per heavy atom. The van der Waals surface area contributed by atoms with E-state index in [4.69, 9.17) is 10.2 Å². The summed E-state index contributed by atoms with van der Waals surface area (Å²) in [6.07, 6.45) is -0.735. The summed E-state index contributed by atoms with van der Waals surface area (Å²) in [7, 11) is 0. The van der Waals surface area contributed by atoms with Gasteiger partial charge in [0.15, 0.2) is 0 Å². The van der Waals surface area contributed by atoms with E-state index in [9.17, 15) is 0 Å². The maximum atomic E-state index is 9.08. The fraction of sp³-hybridized carbons (Fsp3) is 0.133. The van der Waals surface area contributed by atoms with Crippen molar-refractivity contribution in [1.29, 1.82) is 0 Å². The van der Waals surface area contributed by atoms with Gasteiger partial charge >= 0.3 is 0 Å². The molecule has 2 N–H and O–H groups in total. The zero-order chi connectivity index (χ0) is 12.5. The van der Waals surface area contributed by atoms with E-state index in [0.717, 1.165) is 11.1 Å². The summed E-state index contributed by atoms with van der Waals surface area (Å²) in [6.45, 7) is 3.50. The number of hydrogen-bond acceptors (Lipinski definition) is 2. The van der Waals surface area contributed by atoms with Crippen molar-refractivity contribution in [2.24, 2.45) is 0 Å². The van der Waals surface area contributed by atoms with Crippen LogP contribution in [0.1, 0.15) is 17.2 Å². The Morgan fingerprint density at radius 3 is 1.71 bits per heavy atom. The number of aliphatic hydroxyl groups is 2. The van der Waals surface area contributed by atoms with Crippen LogP contribution < -0.4 is 0 Å². The zero-order valence-corrected chi connectivity index (χ0v) is 9.66. The van der Waals surface area contributed by atoms with Crippen LogP contribution >= 0.6 is 0 Å². The third kappa shape index (κ3) is 5.29. The molecular formula is C15H17O2. The standard InChI is InChI=1S/C8H10O2.C7H7/c9-6-8(10)7-4-2-1-3-5-7;1-7-5-3-2-4-6-7/h1-5,8-10H,6H2;2-6H,1H2. The van der Waals surface area contributed by atoms with E-state index in [0.29, 0.717) is 0 Å². The third-order valence-electron chi connectivity index (χ3n) is 2.20. The molecule has 0 saturated carbocycles. The first-order valence-electron chi connectivity index (χ1n) is 5.45. The molecule has 17 heavy (non-hydrogen) atoms. The molecule has 0 fully saturated rings. The maximum Gasteiger partial charge on any atom is 0.102 e. The van der Waals surface area contributed by atoms with Gasteiger partial charge in [-0.2, -0.15) is 0 Å². The van der Waals surface area contributed by atoms with Gasteiger partial charge in [0.1, 0.15) is 6.10 Å². The van der Waals surface area contributed by atoms with E-state index in [1.165, 1.54) is 0 Å². The highest BCUT2D eigenvalue weighted by molar-refractivity contribution is 5.17. The lowest BCUT2D eigenvalue weighted by Crippen LogP contribution is -2.01. The summed E-state index contributed by atoms with van der Waals surface area (Å²) in [6, 6.07) is 19.0. The van der Waals surface area contributed by atoms with Crippen molar-refractivity contribution < 1.29 is 10.2 Å². The molecule has 2 nitrogen and oxygen atoms in total. The van der Waals surface area contributed by atoms with Crippen molar-refractivity contribution >= 4 is 0 Å². The van der Waals surface area contributed by atoms with Crippen LogP contribution in [-0.4, -0.2) is 16.8 Å². The van der Waals surface area contributed by atoms with Crippen LogP contribution in [0, 0.1) is 6.92 Å². The smallest absolute Gasteiger partial charge is 0.102 e. The third-order valence-corrected chi connectivity index (χ3v) is 2.20. The number of benzene rings is 2. The Balaban J connectivity index is 0.000000181. The lowest BCUT2D eigenvalue weighted by Gasteiger charge is -2.05. The van der Waals surface area contributed by atoms with Crippen LogP contribution in [0.25, 0.3) is 0 Å². The van der Waals surface area contributed by atoms with Gasteiger partial charge in [-0.15, -0.1) is 0 Å². The predicted octanol–water partition coefficient (Wildman–Crippen LogP) is 2.58. The minimum atomic E-state index is -0.735. The highest BCUT2D eigenvalue weighted by atomic mass is 16.3. The summed E-state index contributed by atoms with van der Waals surface area (Å²) in [5.41, 5.74) is 1.83. The molecule has 0 amide bonds. The topological polar surface area (TPSA) is 40.5 Å². The molecular weight excluding hydrogens is 212 g/mol. The molecule has 1 atom stereocenters. The molecule has 2 aromatic carbocycles. The molecule has 1 radical (unpaired) electrons. The first-order valence-corrected chi connectivity index (χ1v) is 5.45. The molecule has 0 heterocycles. The average Bonchev–Trinajstić information content (AvgIpc) is 2.40. The quantitative estimate of drug-likeness (QED) is 0.831. The first-order chi connectivity index (χ1) is 8.24. The van der Waals surface area contributed by atoms with Crippen molar-refractivity contribution in [3.05, 3.63) is 78.7 Å². The van der Waals surface area contributed by atoms with Gasteiger partial charge in [0.2, 0.25) is 0 Å². The number of aliphatic hydroxyl groups excluding tert-OH is 2. The predicted molar refractivity (Wildman–Crippen MR) is 69.4 cm³/mol. The lowest BCUT2D eigenvalue weighted by molar-refractivity contribution is 0.0956. The van der Waals surface area contributed by atoms with Crippen molar-refractivity contribution in [1.82, 2.24) is 0 Å². The van der Waals surface area contributed by atoms with Crippen LogP contribution in [0.2, 0.25) is 0 Å². The minimum absolute atomic E-state index is 0.218. The average molecular weight is 229 g/mol. The van der Waals surface area contributed by atoms with Crippen LogP contribution in [0.15, 0.2) is 60.7 Å². The van der Waals surface area contributed by atoms with E-state index < -0.39 is 6.10 Å². The SMILES string of the molecule is OCC(O)c1ccccc1.[CH2]c1ccccc1. The number of rotatable bonds is 2.